The van der Waals surface area contributed by atoms with Crippen molar-refractivity contribution in [3.63, 3.8) is 0 Å². The molecule has 2 fully saturated rings. The first-order valence-corrected chi connectivity index (χ1v) is 8.44. The lowest BCUT2D eigenvalue weighted by molar-refractivity contribution is -0.0512. The van der Waals surface area contributed by atoms with Gasteiger partial charge in [-0.2, -0.15) is 8.78 Å². The quantitative estimate of drug-likeness (QED) is 0.822. The molecule has 1 aromatic carbocycles. The largest absolute Gasteiger partial charge is 0.493 e. The van der Waals surface area contributed by atoms with Gasteiger partial charge in [-0.3, -0.25) is 9.80 Å². The van der Waals surface area contributed by atoms with Gasteiger partial charge in [0.1, 0.15) is 0 Å². The molecule has 0 aromatic heterocycles. The molecule has 0 radical (unpaired) electrons. The third-order valence-corrected chi connectivity index (χ3v) is 4.77. The molecule has 3 rings (SSSR count). The highest BCUT2D eigenvalue weighted by atomic mass is 35.5. The molecule has 0 amide bonds. The number of hydrogen-bond donors (Lipinski definition) is 1. The number of halogens is 3. The lowest BCUT2D eigenvalue weighted by Gasteiger charge is -2.32. The number of benzene rings is 1. The Morgan fingerprint density at radius 2 is 1.96 bits per heavy atom. The predicted octanol–water partition coefficient (Wildman–Crippen LogP) is 2.20. The third kappa shape index (κ3) is 5.41. The first-order valence-electron chi connectivity index (χ1n) is 8.44. The van der Waals surface area contributed by atoms with Crippen molar-refractivity contribution < 1.29 is 18.3 Å². The summed E-state index contributed by atoms with van der Waals surface area (Å²) in [4.78, 5) is 4.93. The topological polar surface area (TPSA) is 37.0 Å². The lowest BCUT2D eigenvalue weighted by atomic mass is 10.2. The van der Waals surface area contributed by atoms with Gasteiger partial charge in [0.25, 0.3) is 0 Å². The average Bonchev–Trinajstić information content (AvgIpc) is 3.04. The van der Waals surface area contributed by atoms with Gasteiger partial charge in [0, 0.05) is 51.9 Å². The maximum Gasteiger partial charge on any atom is 0.387 e. The Morgan fingerprint density at radius 3 is 2.64 bits per heavy atom. The molecular weight excluding hydrogens is 352 g/mol. The van der Waals surface area contributed by atoms with Gasteiger partial charge in [0.2, 0.25) is 0 Å². The van der Waals surface area contributed by atoms with Gasteiger partial charge in [-0.05, 0) is 24.1 Å². The van der Waals surface area contributed by atoms with Crippen LogP contribution in [0.2, 0.25) is 0 Å². The summed E-state index contributed by atoms with van der Waals surface area (Å²) in [5.41, 5.74) is 0.965. The zero-order chi connectivity index (χ0) is 16.9. The number of ether oxygens (including phenoxy) is 2. The Hall–Kier alpha value is -1.15. The van der Waals surface area contributed by atoms with Crippen molar-refractivity contribution in [1.82, 2.24) is 15.1 Å². The fourth-order valence-corrected chi connectivity index (χ4v) is 3.57. The van der Waals surface area contributed by atoms with Crippen molar-refractivity contribution in [2.75, 3.05) is 46.4 Å². The highest BCUT2D eigenvalue weighted by Gasteiger charge is 2.28. The summed E-state index contributed by atoms with van der Waals surface area (Å²) in [5, 5.41) is 3.38. The molecule has 1 N–H and O–H groups in total. The summed E-state index contributed by atoms with van der Waals surface area (Å²) < 4.78 is 34.7. The van der Waals surface area contributed by atoms with Crippen molar-refractivity contribution in [3.05, 3.63) is 23.8 Å². The van der Waals surface area contributed by atoms with Crippen LogP contribution < -0.4 is 14.8 Å². The Balaban J connectivity index is 0.00000225. The molecule has 1 aromatic rings. The lowest BCUT2D eigenvalue weighted by Crippen LogP contribution is -2.49. The number of piperazine rings is 1. The summed E-state index contributed by atoms with van der Waals surface area (Å²) in [6, 6.07) is 5.86. The van der Waals surface area contributed by atoms with Crippen molar-refractivity contribution in [2.24, 2.45) is 0 Å². The second kappa shape index (κ2) is 9.52. The van der Waals surface area contributed by atoms with E-state index < -0.39 is 6.61 Å². The Morgan fingerprint density at radius 1 is 1.20 bits per heavy atom. The van der Waals surface area contributed by atoms with Gasteiger partial charge in [-0.15, -0.1) is 12.4 Å². The number of nitrogens with zero attached hydrogens (tertiary/aromatic N) is 2. The minimum atomic E-state index is -2.85. The molecule has 0 aliphatic carbocycles. The summed E-state index contributed by atoms with van der Waals surface area (Å²) in [5.74, 6) is 0.432. The number of likely N-dealkylation sites (tertiary alicyclic amines) is 1. The van der Waals surface area contributed by atoms with Gasteiger partial charge in [0.15, 0.2) is 11.5 Å². The monoisotopic (exact) mass is 377 g/mol. The van der Waals surface area contributed by atoms with Crippen LogP contribution in [0.4, 0.5) is 8.78 Å². The van der Waals surface area contributed by atoms with Crippen LogP contribution in [0, 0.1) is 0 Å². The molecule has 5 nitrogen and oxygen atoms in total. The molecule has 0 spiro atoms. The zero-order valence-electron chi connectivity index (χ0n) is 14.4. The molecule has 1 unspecified atom stereocenters. The molecule has 0 bridgehead atoms. The van der Waals surface area contributed by atoms with E-state index in [1.165, 1.54) is 7.11 Å². The number of alkyl halides is 2. The first-order chi connectivity index (χ1) is 11.7. The summed E-state index contributed by atoms with van der Waals surface area (Å²) in [7, 11) is 1.45. The maximum atomic E-state index is 12.5. The molecule has 142 valence electrons. The van der Waals surface area contributed by atoms with E-state index in [9.17, 15) is 8.78 Å². The van der Waals surface area contributed by atoms with Gasteiger partial charge < -0.3 is 14.8 Å². The van der Waals surface area contributed by atoms with E-state index in [0.29, 0.717) is 11.8 Å². The molecule has 0 saturated carbocycles. The van der Waals surface area contributed by atoms with E-state index in [1.807, 2.05) is 6.07 Å². The molecule has 2 heterocycles. The number of hydrogen-bond acceptors (Lipinski definition) is 5. The molecular formula is C17H26ClF2N3O2. The average molecular weight is 378 g/mol. The smallest absolute Gasteiger partial charge is 0.387 e. The highest BCUT2D eigenvalue weighted by molar-refractivity contribution is 5.85. The van der Waals surface area contributed by atoms with E-state index >= 15 is 0 Å². The fourth-order valence-electron chi connectivity index (χ4n) is 3.57. The van der Waals surface area contributed by atoms with E-state index in [1.54, 1.807) is 12.1 Å². The second-order valence-corrected chi connectivity index (χ2v) is 6.33. The van der Waals surface area contributed by atoms with Gasteiger partial charge in [-0.1, -0.05) is 6.07 Å². The minimum Gasteiger partial charge on any atom is -0.493 e. The van der Waals surface area contributed by atoms with Crippen LogP contribution >= 0.6 is 12.4 Å². The minimum absolute atomic E-state index is 0. The molecule has 1 atom stereocenters. The van der Waals surface area contributed by atoms with Crippen molar-refractivity contribution in [2.45, 2.75) is 25.6 Å². The summed E-state index contributed by atoms with van der Waals surface area (Å²) >= 11 is 0. The van der Waals surface area contributed by atoms with Gasteiger partial charge in [-0.25, -0.2) is 0 Å². The van der Waals surface area contributed by atoms with Gasteiger partial charge >= 0.3 is 6.61 Å². The van der Waals surface area contributed by atoms with E-state index in [-0.39, 0.29) is 18.2 Å². The van der Waals surface area contributed by atoms with Crippen LogP contribution in [0.5, 0.6) is 11.5 Å². The van der Waals surface area contributed by atoms with Crippen molar-refractivity contribution >= 4 is 12.4 Å². The SMILES string of the molecule is COc1ccc(CN2CCC(N3CCNCC3)C2)cc1OC(F)F.Cl. The fraction of sp³-hybridized carbons (Fsp3) is 0.647. The summed E-state index contributed by atoms with van der Waals surface area (Å²) in [6.45, 7) is 4.28. The number of methoxy groups -OCH3 is 1. The van der Waals surface area contributed by atoms with E-state index in [4.69, 9.17) is 4.74 Å². The van der Waals surface area contributed by atoms with Crippen LogP contribution in [0.1, 0.15) is 12.0 Å². The normalized spacial score (nSPS) is 22.0. The van der Waals surface area contributed by atoms with Crippen molar-refractivity contribution in [3.8, 4) is 11.5 Å². The van der Waals surface area contributed by atoms with E-state index in [2.05, 4.69) is 19.9 Å². The molecule has 2 saturated heterocycles. The Labute approximate surface area is 153 Å². The predicted molar refractivity (Wildman–Crippen MR) is 95.0 cm³/mol. The summed E-state index contributed by atoms with van der Waals surface area (Å²) in [6.07, 6.45) is 1.16. The van der Waals surface area contributed by atoms with Crippen LogP contribution in [0.25, 0.3) is 0 Å². The maximum absolute atomic E-state index is 12.5. The third-order valence-electron chi connectivity index (χ3n) is 4.77. The zero-order valence-corrected chi connectivity index (χ0v) is 15.2. The molecule has 25 heavy (non-hydrogen) atoms. The van der Waals surface area contributed by atoms with Crippen LogP contribution in [0.3, 0.4) is 0 Å². The number of rotatable bonds is 6. The van der Waals surface area contributed by atoms with Crippen LogP contribution in [-0.4, -0.2) is 68.8 Å². The van der Waals surface area contributed by atoms with Gasteiger partial charge in [0.05, 0.1) is 7.11 Å². The standard InChI is InChI=1S/C17H25F2N3O2.ClH/c1-23-15-3-2-13(10-16(15)24-17(18)19)11-21-7-4-14(12-21)22-8-5-20-6-9-22;/h2-3,10,14,17,20H,4-9,11-12H2,1H3;1H. The Bertz CT molecular complexity index is 545. The van der Waals surface area contributed by atoms with Crippen molar-refractivity contribution in [1.29, 1.82) is 0 Å². The second-order valence-electron chi connectivity index (χ2n) is 6.33. The molecule has 2 aliphatic rings. The van der Waals surface area contributed by atoms with Crippen LogP contribution in [0.15, 0.2) is 18.2 Å². The van der Waals surface area contributed by atoms with E-state index in [0.717, 1.165) is 57.8 Å². The molecule has 8 heteroatoms. The highest BCUT2D eigenvalue weighted by Crippen LogP contribution is 2.30. The Kier molecular flexibility index (Phi) is 7.68. The molecule has 2 aliphatic heterocycles. The number of nitrogens with one attached hydrogen (secondary N) is 1. The van der Waals surface area contributed by atoms with Crippen LogP contribution in [-0.2, 0) is 6.54 Å². The first kappa shape index (κ1) is 20.2.